The van der Waals surface area contributed by atoms with Gasteiger partial charge >= 0.3 is 0 Å². The standard InChI is InChI=1S/C20H22N4O2S/c1-2-17(19(25)21-11-14-7-5-9-27-14)24-12-22-18-15(20(24)26)10-13-6-3-4-8-16(13)23-18/h5,7,9-10,12,17H,2-4,6,8,11H2,1H3,(H,21,25). The first-order valence-corrected chi connectivity index (χ1v) is 10.2. The van der Waals surface area contributed by atoms with Gasteiger partial charge in [0.05, 0.1) is 11.9 Å². The van der Waals surface area contributed by atoms with Gasteiger partial charge in [-0.15, -0.1) is 11.3 Å². The summed E-state index contributed by atoms with van der Waals surface area (Å²) in [6.45, 7) is 2.37. The maximum atomic E-state index is 13.1. The van der Waals surface area contributed by atoms with Crippen molar-refractivity contribution in [2.24, 2.45) is 0 Å². The number of aromatic nitrogens is 3. The summed E-state index contributed by atoms with van der Waals surface area (Å²) in [6, 6.07) is 5.28. The summed E-state index contributed by atoms with van der Waals surface area (Å²) >= 11 is 1.59. The monoisotopic (exact) mass is 382 g/mol. The zero-order chi connectivity index (χ0) is 18.8. The van der Waals surface area contributed by atoms with E-state index in [1.54, 1.807) is 11.3 Å². The molecule has 0 spiro atoms. The highest BCUT2D eigenvalue weighted by Gasteiger charge is 2.22. The van der Waals surface area contributed by atoms with Gasteiger partial charge in [0.2, 0.25) is 5.91 Å². The van der Waals surface area contributed by atoms with Crippen molar-refractivity contribution in [3.05, 3.63) is 56.4 Å². The van der Waals surface area contributed by atoms with Gasteiger partial charge in [-0.25, -0.2) is 9.97 Å². The second kappa shape index (κ2) is 7.60. The van der Waals surface area contributed by atoms with E-state index in [0.29, 0.717) is 24.0 Å². The number of hydrogen-bond donors (Lipinski definition) is 1. The largest absolute Gasteiger partial charge is 0.349 e. The second-order valence-electron chi connectivity index (χ2n) is 6.85. The van der Waals surface area contributed by atoms with Gasteiger partial charge in [-0.05, 0) is 55.2 Å². The number of pyridine rings is 1. The Labute approximate surface area is 161 Å². The third kappa shape index (κ3) is 3.51. The average Bonchev–Trinajstić information content (AvgIpc) is 3.21. The van der Waals surface area contributed by atoms with Crippen molar-refractivity contribution in [1.29, 1.82) is 0 Å². The molecule has 0 radical (unpaired) electrons. The molecule has 3 aromatic rings. The topological polar surface area (TPSA) is 76.9 Å². The van der Waals surface area contributed by atoms with Crippen molar-refractivity contribution in [2.45, 2.75) is 51.6 Å². The minimum Gasteiger partial charge on any atom is -0.349 e. The number of carbonyl (C=O) groups excluding carboxylic acids is 1. The van der Waals surface area contributed by atoms with Crippen molar-refractivity contribution < 1.29 is 4.79 Å². The molecular formula is C20H22N4O2S. The van der Waals surface area contributed by atoms with E-state index in [-0.39, 0.29) is 11.5 Å². The Hall–Kier alpha value is -2.54. The predicted molar refractivity (Wildman–Crippen MR) is 106 cm³/mol. The molecule has 1 unspecified atom stereocenters. The fourth-order valence-corrected chi connectivity index (χ4v) is 4.27. The van der Waals surface area contributed by atoms with E-state index in [1.165, 1.54) is 10.9 Å². The smallest absolute Gasteiger partial charge is 0.263 e. The molecule has 0 fully saturated rings. The number of hydrogen-bond acceptors (Lipinski definition) is 5. The van der Waals surface area contributed by atoms with Gasteiger partial charge in [-0.3, -0.25) is 14.2 Å². The fraction of sp³-hybridized carbons (Fsp3) is 0.400. The molecule has 7 heteroatoms. The molecular weight excluding hydrogens is 360 g/mol. The molecule has 0 aromatic carbocycles. The van der Waals surface area contributed by atoms with Crippen molar-refractivity contribution in [1.82, 2.24) is 19.9 Å². The lowest BCUT2D eigenvalue weighted by Crippen LogP contribution is -2.37. The van der Waals surface area contributed by atoms with Crippen molar-refractivity contribution in [3.63, 3.8) is 0 Å². The molecule has 1 atom stereocenters. The van der Waals surface area contributed by atoms with Crippen LogP contribution < -0.4 is 10.9 Å². The Morgan fingerprint density at radius 3 is 3.00 bits per heavy atom. The van der Waals surface area contributed by atoms with Crippen LogP contribution >= 0.6 is 11.3 Å². The van der Waals surface area contributed by atoms with Crippen LogP contribution in [0.1, 0.15) is 48.4 Å². The van der Waals surface area contributed by atoms with Gasteiger partial charge in [0, 0.05) is 10.6 Å². The fourth-order valence-electron chi connectivity index (χ4n) is 3.62. The Balaban J connectivity index is 1.65. The summed E-state index contributed by atoms with van der Waals surface area (Å²) in [5.74, 6) is -0.167. The minimum absolute atomic E-state index is 0.167. The summed E-state index contributed by atoms with van der Waals surface area (Å²) < 4.78 is 1.45. The first kappa shape index (κ1) is 17.9. The van der Waals surface area contributed by atoms with Crippen molar-refractivity contribution in [2.75, 3.05) is 0 Å². The van der Waals surface area contributed by atoms with Crippen LogP contribution in [0.3, 0.4) is 0 Å². The van der Waals surface area contributed by atoms with E-state index in [0.717, 1.165) is 41.8 Å². The minimum atomic E-state index is -0.578. The SMILES string of the molecule is CCC(C(=O)NCc1cccs1)n1cnc2nc3c(cc2c1=O)CCCC3. The summed E-state index contributed by atoms with van der Waals surface area (Å²) in [6.07, 6.45) is 6.12. The molecule has 0 bridgehead atoms. The third-order valence-electron chi connectivity index (χ3n) is 5.09. The van der Waals surface area contributed by atoms with E-state index < -0.39 is 6.04 Å². The number of carbonyl (C=O) groups is 1. The first-order chi connectivity index (χ1) is 13.2. The van der Waals surface area contributed by atoms with E-state index in [1.807, 2.05) is 30.5 Å². The van der Waals surface area contributed by atoms with Crippen LogP contribution in [-0.2, 0) is 24.2 Å². The molecule has 1 N–H and O–H groups in total. The van der Waals surface area contributed by atoms with Crippen LogP contribution in [0.15, 0.2) is 34.7 Å². The van der Waals surface area contributed by atoms with Crippen LogP contribution in [0, 0.1) is 0 Å². The highest BCUT2D eigenvalue weighted by molar-refractivity contribution is 7.09. The van der Waals surface area contributed by atoms with Crippen LogP contribution in [0.25, 0.3) is 11.0 Å². The Bertz CT molecular complexity index is 1030. The van der Waals surface area contributed by atoms with Crippen molar-refractivity contribution in [3.8, 4) is 0 Å². The summed E-state index contributed by atoms with van der Waals surface area (Å²) in [7, 11) is 0. The molecule has 3 aromatic heterocycles. The molecule has 0 saturated heterocycles. The van der Waals surface area contributed by atoms with Crippen LogP contribution in [0.2, 0.25) is 0 Å². The number of thiophene rings is 1. The van der Waals surface area contributed by atoms with Crippen LogP contribution in [0.4, 0.5) is 0 Å². The Kier molecular flexibility index (Phi) is 5.03. The van der Waals surface area contributed by atoms with Crippen LogP contribution in [-0.4, -0.2) is 20.4 Å². The lowest BCUT2D eigenvalue weighted by atomic mass is 9.95. The molecule has 27 heavy (non-hydrogen) atoms. The van der Waals surface area contributed by atoms with Gasteiger partial charge in [-0.1, -0.05) is 13.0 Å². The highest BCUT2D eigenvalue weighted by atomic mass is 32.1. The zero-order valence-corrected chi connectivity index (χ0v) is 16.1. The lowest BCUT2D eigenvalue weighted by molar-refractivity contribution is -0.124. The zero-order valence-electron chi connectivity index (χ0n) is 15.3. The molecule has 4 rings (SSSR count). The Morgan fingerprint density at radius 2 is 2.22 bits per heavy atom. The third-order valence-corrected chi connectivity index (χ3v) is 5.97. The molecule has 140 valence electrons. The highest BCUT2D eigenvalue weighted by Crippen LogP contribution is 2.22. The van der Waals surface area contributed by atoms with Gasteiger partial charge in [0.25, 0.3) is 5.56 Å². The molecule has 6 nitrogen and oxygen atoms in total. The van der Waals surface area contributed by atoms with Crippen molar-refractivity contribution >= 4 is 28.3 Å². The molecule has 1 amide bonds. The maximum Gasteiger partial charge on any atom is 0.263 e. The molecule has 3 heterocycles. The normalized spacial score (nSPS) is 14.7. The molecule has 0 aliphatic heterocycles. The van der Waals surface area contributed by atoms with E-state index in [9.17, 15) is 9.59 Å². The summed E-state index contributed by atoms with van der Waals surface area (Å²) in [5.41, 5.74) is 2.48. The van der Waals surface area contributed by atoms with Gasteiger partial charge in [0.15, 0.2) is 5.65 Å². The average molecular weight is 382 g/mol. The molecule has 1 aliphatic carbocycles. The summed E-state index contributed by atoms with van der Waals surface area (Å²) in [4.78, 5) is 35.8. The van der Waals surface area contributed by atoms with Gasteiger partial charge < -0.3 is 5.32 Å². The predicted octanol–water partition coefficient (Wildman–Crippen LogP) is 3.00. The van der Waals surface area contributed by atoms with Gasteiger partial charge in [-0.2, -0.15) is 0 Å². The molecule has 1 aliphatic rings. The van der Waals surface area contributed by atoms with E-state index in [2.05, 4.69) is 15.3 Å². The quantitative estimate of drug-likeness (QED) is 0.736. The molecule has 0 saturated carbocycles. The number of aryl methyl sites for hydroxylation is 2. The number of nitrogens with one attached hydrogen (secondary N) is 1. The lowest BCUT2D eigenvalue weighted by Gasteiger charge is -2.19. The number of nitrogens with zero attached hydrogens (tertiary/aromatic N) is 3. The second-order valence-corrected chi connectivity index (χ2v) is 7.88. The van der Waals surface area contributed by atoms with Gasteiger partial charge in [0.1, 0.15) is 12.4 Å². The first-order valence-electron chi connectivity index (χ1n) is 9.37. The summed E-state index contributed by atoms with van der Waals surface area (Å²) in [5, 5.41) is 5.41. The Morgan fingerprint density at radius 1 is 1.37 bits per heavy atom. The number of fused-ring (bicyclic) bond motifs is 2. The number of amides is 1. The van der Waals surface area contributed by atoms with Crippen LogP contribution in [0.5, 0.6) is 0 Å². The number of rotatable bonds is 5. The van der Waals surface area contributed by atoms with E-state index in [4.69, 9.17) is 0 Å². The van der Waals surface area contributed by atoms with E-state index >= 15 is 0 Å². The maximum absolute atomic E-state index is 13.1.